The number of hydrogen-bond donors (Lipinski definition) is 1. The molecule has 1 fully saturated rings. The first-order chi connectivity index (χ1) is 7.69. The first kappa shape index (κ1) is 15.2. The van der Waals surface area contributed by atoms with Crippen molar-refractivity contribution >= 4 is 35.3 Å². The van der Waals surface area contributed by atoms with Crippen LogP contribution in [0.5, 0.6) is 0 Å². The van der Waals surface area contributed by atoms with Crippen LogP contribution in [0.2, 0.25) is 4.34 Å². The summed E-state index contributed by atoms with van der Waals surface area (Å²) >= 11 is 7.45. The molecule has 2 rings (SSSR count). The lowest BCUT2D eigenvalue weighted by atomic mass is 9.92. The molecule has 2 atom stereocenters. The third kappa shape index (κ3) is 4.07. The number of nitrogens with two attached hydrogens (primary N) is 1. The zero-order valence-electron chi connectivity index (χ0n) is 9.93. The van der Waals surface area contributed by atoms with E-state index < -0.39 is 0 Å². The highest BCUT2D eigenvalue weighted by molar-refractivity contribution is 7.15. The highest BCUT2D eigenvalue weighted by atomic mass is 35.5. The second kappa shape index (κ2) is 6.90. The standard InChI is InChI=1S/C11H18ClN3S.ClH/c1-8-2-3-15(9(4-8)5-13)7-11-14-6-10(12)16-11;/h6,8-9H,2-5,7,13H2,1H3;1H. The molecule has 0 amide bonds. The molecule has 0 aromatic carbocycles. The van der Waals surface area contributed by atoms with Crippen LogP contribution in [0.1, 0.15) is 24.8 Å². The van der Waals surface area contributed by atoms with Gasteiger partial charge in [-0.15, -0.1) is 23.7 Å². The Bertz CT molecular complexity index is 345. The molecule has 0 spiro atoms. The van der Waals surface area contributed by atoms with Crippen LogP contribution in [-0.4, -0.2) is 29.0 Å². The Hall–Kier alpha value is 0.130. The predicted octanol–water partition coefficient (Wildman–Crippen LogP) is 2.78. The average molecular weight is 296 g/mol. The van der Waals surface area contributed by atoms with Crippen molar-refractivity contribution in [2.24, 2.45) is 11.7 Å². The van der Waals surface area contributed by atoms with Gasteiger partial charge in [0, 0.05) is 12.6 Å². The van der Waals surface area contributed by atoms with E-state index in [1.54, 1.807) is 17.5 Å². The molecule has 2 heterocycles. The quantitative estimate of drug-likeness (QED) is 0.932. The van der Waals surface area contributed by atoms with E-state index in [9.17, 15) is 0 Å². The van der Waals surface area contributed by atoms with Gasteiger partial charge in [-0.25, -0.2) is 4.98 Å². The Morgan fingerprint density at radius 2 is 2.41 bits per heavy atom. The summed E-state index contributed by atoms with van der Waals surface area (Å²) in [5.74, 6) is 0.796. The summed E-state index contributed by atoms with van der Waals surface area (Å²) in [6.45, 7) is 5.07. The monoisotopic (exact) mass is 295 g/mol. The molecule has 1 aromatic rings. The van der Waals surface area contributed by atoms with Gasteiger partial charge in [0.05, 0.1) is 12.7 Å². The van der Waals surface area contributed by atoms with Crippen LogP contribution in [0.15, 0.2) is 6.20 Å². The fourth-order valence-electron chi connectivity index (χ4n) is 2.29. The lowest BCUT2D eigenvalue weighted by Crippen LogP contribution is -2.45. The maximum Gasteiger partial charge on any atom is 0.113 e. The summed E-state index contributed by atoms with van der Waals surface area (Å²) in [5.41, 5.74) is 5.83. The molecule has 3 nitrogen and oxygen atoms in total. The van der Waals surface area contributed by atoms with Crippen molar-refractivity contribution in [3.05, 3.63) is 15.5 Å². The number of halogens is 2. The Balaban J connectivity index is 0.00000144. The largest absolute Gasteiger partial charge is 0.329 e. The van der Waals surface area contributed by atoms with E-state index in [-0.39, 0.29) is 12.4 Å². The average Bonchev–Trinajstić information content (AvgIpc) is 2.67. The van der Waals surface area contributed by atoms with E-state index in [2.05, 4.69) is 16.8 Å². The molecule has 0 radical (unpaired) electrons. The summed E-state index contributed by atoms with van der Waals surface area (Å²) in [7, 11) is 0. The molecule has 0 aliphatic carbocycles. The molecule has 1 aliphatic heterocycles. The molecule has 98 valence electrons. The fourth-order valence-corrected chi connectivity index (χ4v) is 3.27. The van der Waals surface area contributed by atoms with E-state index in [0.717, 1.165) is 34.9 Å². The van der Waals surface area contributed by atoms with Crippen molar-refractivity contribution in [3.8, 4) is 0 Å². The second-order valence-corrected chi connectivity index (χ2v) is 6.29. The van der Waals surface area contributed by atoms with Crippen LogP contribution in [-0.2, 0) is 6.54 Å². The SMILES string of the molecule is CC1CCN(Cc2ncc(Cl)s2)C(CN)C1.Cl. The number of likely N-dealkylation sites (tertiary alicyclic amines) is 1. The molecular weight excluding hydrogens is 277 g/mol. The first-order valence-electron chi connectivity index (χ1n) is 5.73. The Morgan fingerprint density at radius 1 is 1.65 bits per heavy atom. The topological polar surface area (TPSA) is 42.2 Å². The number of aromatic nitrogens is 1. The summed E-state index contributed by atoms with van der Waals surface area (Å²) in [6, 6.07) is 0.506. The Kier molecular flexibility index (Phi) is 6.17. The lowest BCUT2D eigenvalue weighted by Gasteiger charge is -2.37. The molecule has 2 unspecified atom stereocenters. The number of piperidine rings is 1. The van der Waals surface area contributed by atoms with Crippen LogP contribution in [0, 0.1) is 5.92 Å². The summed E-state index contributed by atoms with van der Waals surface area (Å²) < 4.78 is 0.768. The van der Waals surface area contributed by atoms with Gasteiger partial charge in [0.1, 0.15) is 9.34 Å². The van der Waals surface area contributed by atoms with Gasteiger partial charge in [0.15, 0.2) is 0 Å². The van der Waals surface area contributed by atoms with Gasteiger partial charge in [-0.1, -0.05) is 18.5 Å². The smallest absolute Gasteiger partial charge is 0.113 e. The van der Waals surface area contributed by atoms with E-state index in [0.29, 0.717) is 6.04 Å². The second-order valence-electron chi connectivity index (χ2n) is 4.55. The normalized spacial score (nSPS) is 25.6. The van der Waals surface area contributed by atoms with Crippen molar-refractivity contribution in [2.45, 2.75) is 32.4 Å². The van der Waals surface area contributed by atoms with E-state index in [1.807, 2.05) is 0 Å². The van der Waals surface area contributed by atoms with Gasteiger partial charge < -0.3 is 5.73 Å². The third-order valence-electron chi connectivity index (χ3n) is 3.24. The molecule has 1 aromatic heterocycles. The van der Waals surface area contributed by atoms with Gasteiger partial charge in [0.2, 0.25) is 0 Å². The van der Waals surface area contributed by atoms with E-state index in [1.165, 1.54) is 12.8 Å². The van der Waals surface area contributed by atoms with Crippen molar-refractivity contribution in [1.82, 2.24) is 9.88 Å². The highest BCUT2D eigenvalue weighted by Crippen LogP contribution is 2.26. The number of nitrogens with zero attached hydrogens (tertiary/aromatic N) is 2. The Labute approximate surface area is 118 Å². The van der Waals surface area contributed by atoms with Gasteiger partial charge in [0.25, 0.3) is 0 Å². The molecule has 17 heavy (non-hydrogen) atoms. The zero-order valence-corrected chi connectivity index (χ0v) is 12.3. The van der Waals surface area contributed by atoms with Crippen LogP contribution in [0.3, 0.4) is 0 Å². The zero-order chi connectivity index (χ0) is 11.5. The lowest BCUT2D eigenvalue weighted by molar-refractivity contribution is 0.115. The van der Waals surface area contributed by atoms with Gasteiger partial charge in [-0.05, 0) is 25.3 Å². The summed E-state index contributed by atoms with van der Waals surface area (Å²) in [6.07, 6.45) is 4.19. The van der Waals surface area contributed by atoms with Gasteiger partial charge >= 0.3 is 0 Å². The number of hydrogen-bond acceptors (Lipinski definition) is 4. The minimum Gasteiger partial charge on any atom is -0.329 e. The van der Waals surface area contributed by atoms with Crippen molar-refractivity contribution in [3.63, 3.8) is 0 Å². The molecule has 0 bridgehead atoms. The van der Waals surface area contributed by atoms with Crippen molar-refractivity contribution in [1.29, 1.82) is 0 Å². The maximum absolute atomic E-state index is 5.88. The minimum atomic E-state index is 0. The molecule has 1 saturated heterocycles. The van der Waals surface area contributed by atoms with E-state index >= 15 is 0 Å². The first-order valence-corrected chi connectivity index (χ1v) is 6.92. The maximum atomic E-state index is 5.88. The van der Waals surface area contributed by atoms with Crippen molar-refractivity contribution < 1.29 is 0 Å². The van der Waals surface area contributed by atoms with E-state index in [4.69, 9.17) is 17.3 Å². The predicted molar refractivity (Wildman–Crippen MR) is 76.0 cm³/mol. The molecule has 6 heteroatoms. The molecule has 1 aliphatic rings. The number of rotatable bonds is 3. The summed E-state index contributed by atoms with van der Waals surface area (Å²) in [5, 5.41) is 1.10. The minimum absolute atomic E-state index is 0. The van der Waals surface area contributed by atoms with Gasteiger partial charge in [-0.2, -0.15) is 0 Å². The van der Waals surface area contributed by atoms with Crippen LogP contribution in [0.25, 0.3) is 0 Å². The van der Waals surface area contributed by atoms with Crippen molar-refractivity contribution in [2.75, 3.05) is 13.1 Å². The molecular formula is C11H19Cl2N3S. The summed E-state index contributed by atoms with van der Waals surface area (Å²) in [4.78, 5) is 6.74. The van der Waals surface area contributed by atoms with Gasteiger partial charge in [-0.3, -0.25) is 4.90 Å². The van der Waals surface area contributed by atoms with Crippen LogP contribution < -0.4 is 5.73 Å². The van der Waals surface area contributed by atoms with Crippen LogP contribution in [0.4, 0.5) is 0 Å². The van der Waals surface area contributed by atoms with Crippen LogP contribution >= 0.6 is 35.3 Å². The molecule has 0 saturated carbocycles. The Morgan fingerprint density at radius 3 is 3.00 bits per heavy atom. The number of thiazole rings is 1. The highest BCUT2D eigenvalue weighted by Gasteiger charge is 2.25. The third-order valence-corrected chi connectivity index (χ3v) is 4.34. The fraction of sp³-hybridized carbons (Fsp3) is 0.727. The molecule has 2 N–H and O–H groups in total.